The minimum absolute atomic E-state index is 0.108. The zero-order valence-corrected chi connectivity index (χ0v) is 15.7. The molecule has 2 aromatic rings. The van der Waals surface area contributed by atoms with Gasteiger partial charge >= 0.3 is 5.97 Å². The highest BCUT2D eigenvalue weighted by atomic mass is 35.5. The molecule has 2 N–H and O–H groups in total. The van der Waals surface area contributed by atoms with Crippen LogP contribution in [-0.4, -0.2) is 32.9 Å². The van der Waals surface area contributed by atoms with Crippen LogP contribution in [0.5, 0.6) is 0 Å². The molecule has 0 spiro atoms. The number of hydrogen-bond donors (Lipinski definition) is 2. The van der Waals surface area contributed by atoms with Crippen LogP contribution in [0.25, 0.3) is 0 Å². The van der Waals surface area contributed by atoms with Crippen molar-refractivity contribution in [2.24, 2.45) is 0 Å². The molecule has 1 atom stereocenters. The lowest BCUT2D eigenvalue weighted by molar-refractivity contribution is -0.148. The number of benzene rings is 2. The zero-order valence-electron chi connectivity index (χ0n) is 14.1. The van der Waals surface area contributed by atoms with Crippen LogP contribution < -0.4 is 10.0 Å². The van der Waals surface area contributed by atoms with Crippen molar-refractivity contribution in [3.05, 3.63) is 59.4 Å². The molecule has 1 amide bonds. The van der Waals surface area contributed by atoms with Crippen molar-refractivity contribution in [2.45, 2.75) is 17.9 Å². The number of esters is 1. The quantitative estimate of drug-likeness (QED) is 0.677. The lowest BCUT2D eigenvalue weighted by atomic mass is 10.3. The molecule has 0 bridgehead atoms. The molecule has 0 aliphatic heterocycles. The molecule has 0 heterocycles. The topological polar surface area (TPSA) is 102 Å². The lowest BCUT2D eigenvalue weighted by Gasteiger charge is -2.14. The van der Waals surface area contributed by atoms with Crippen LogP contribution >= 0.6 is 11.6 Å². The summed E-state index contributed by atoms with van der Waals surface area (Å²) in [6.45, 7) is 0.655. The highest BCUT2D eigenvalue weighted by molar-refractivity contribution is 7.89. The molecule has 144 valence electrons. The van der Waals surface area contributed by atoms with Gasteiger partial charge in [-0.1, -0.05) is 17.7 Å². The number of anilines is 1. The summed E-state index contributed by atoms with van der Waals surface area (Å²) >= 11 is 5.76. The number of sulfonamides is 1. The van der Waals surface area contributed by atoms with E-state index in [4.69, 9.17) is 16.3 Å². The molecule has 0 fully saturated rings. The summed E-state index contributed by atoms with van der Waals surface area (Å²) < 4.78 is 44.2. The minimum atomic E-state index is -3.99. The maximum atomic E-state index is 12.8. The molecule has 27 heavy (non-hydrogen) atoms. The Hall–Kier alpha value is -2.49. The van der Waals surface area contributed by atoms with Gasteiger partial charge < -0.3 is 10.1 Å². The highest BCUT2D eigenvalue weighted by Gasteiger charge is 2.23. The third-order valence-electron chi connectivity index (χ3n) is 3.27. The minimum Gasteiger partial charge on any atom is -0.454 e. The van der Waals surface area contributed by atoms with E-state index in [9.17, 15) is 22.4 Å². The van der Waals surface area contributed by atoms with E-state index in [0.717, 1.165) is 12.1 Å². The summed E-state index contributed by atoms with van der Waals surface area (Å²) in [6.07, 6.45) is 0. The van der Waals surface area contributed by atoms with Gasteiger partial charge in [0.1, 0.15) is 11.9 Å². The fourth-order valence-electron chi connectivity index (χ4n) is 1.98. The van der Waals surface area contributed by atoms with Crippen LogP contribution in [0, 0.1) is 5.82 Å². The van der Waals surface area contributed by atoms with E-state index in [1.54, 1.807) is 0 Å². The Kier molecular flexibility index (Phi) is 6.89. The van der Waals surface area contributed by atoms with Gasteiger partial charge in [-0.3, -0.25) is 9.59 Å². The summed E-state index contributed by atoms with van der Waals surface area (Å²) in [5.74, 6) is -2.05. The number of carbonyl (C=O) groups excluding carboxylic acids is 2. The second-order valence-electron chi connectivity index (χ2n) is 5.46. The van der Waals surface area contributed by atoms with Gasteiger partial charge in [0.25, 0.3) is 5.91 Å². The van der Waals surface area contributed by atoms with E-state index in [1.165, 1.54) is 43.3 Å². The predicted molar refractivity (Wildman–Crippen MR) is 97.2 cm³/mol. The molecule has 0 aliphatic carbocycles. The average Bonchev–Trinajstić information content (AvgIpc) is 2.61. The number of halogens is 2. The Morgan fingerprint density at radius 1 is 1.19 bits per heavy atom. The molecular formula is C17H16ClFN2O5S. The van der Waals surface area contributed by atoms with Gasteiger partial charge in [-0.05, 0) is 49.4 Å². The maximum absolute atomic E-state index is 12.8. The number of hydrogen-bond acceptors (Lipinski definition) is 5. The molecule has 2 rings (SSSR count). The van der Waals surface area contributed by atoms with Crippen molar-refractivity contribution in [3.63, 3.8) is 0 Å². The van der Waals surface area contributed by atoms with Gasteiger partial charge in [0.2, 0.25) is 10.0 Å². The first-order valence-electron chi connectivity index (χ1n) is 7.67. The van der Waals surface area contributed by atoms with Crippen molar-refractivity contribution in [2.75, 3.05) is 11.9 Å². The summed E-state index contributed by atoms with van der Waals surface area (Å²) in [7, 11) is -3.99. The van der Waals surface area contributed by atoms with Gasteiger partial charge in [-0.25, -0.2) is 12.8 Å². The maximum Gasteiger partial charge on any atom is 0.324 e. The van der Waals surface area contributed by atoms with Crippen LogP contribution in [0.1, 0.15) is 6.92 Å². The standard InChI is InChI=1S/C17H16ClFN2O5S/c1-11(21-27(24,25)15-4-2-3-12(18)9-15)17(23)26-10-16(22)20-14-7-5-13(19)6-8-14/h2-9,11,21H,10H2,1H3,(H,20,22)/t11-/m0/s1. The molecule has 10 heteroatoms. The van der Waals surface area contributed by atoms with Crippen molar-refractivity contribution in [1.29, 1.82) is 0 Å². The summed E-state index contributed by atoms with van der Waals surface area (Å²) in [5.41, 5.74) is 0.326. The molecule has 0 saturated carbocycles. The van der Waals surface area contributed by atoms with Gasteiger partial charge in [-0.2, -0.15) is 4.72 Å². The number of nitrogens with one attached hydrogen (secondary N) is 2. The van der Waals surface area contributed by atoms with Crippen molar-refractivity contribution in [1.82, 2.24) is 4.72 Å². The van der Waals surface area contributed by atoms with E-state index >= 15 is 0 Å². The molecule has 0 radical (unpaired) electrons. The van der Waals surface area contributed by atoms with E-state index < -0.39 is 40.4 Å². The average molecular weight is 415 g/mol. The molecule has 0 aliphatic rings. The molecule has 0 aromatic heterocycles. The third-order valence-corrected chi connectivity index (χ3v) is 5.04. The molecule has 2 aromatic carbocycles. The number of carbonyl (C=O) groups is 2. The largest absolute Gasteiger partial charge is 0.454 e. The van der Waals surface area contributed by atoms with Crippen molar-refractivity contribution < 1.29 is 27.1 Å². The molecule has 7 nitrogen and oxygen atoms in total. The van der Waals surface area contributed by atoms with E-state index in [-0.39, 0.29) is 9.92 Å². The van der Waals surface area contributed by atoms with Gasteiger partial charge in [0, 0.05) is 10.7 Å². The molecule has 0 saturated heterocycles. The second-order valence-corrected chi connectivity index (χ2v) is 7.61. The smallest absolute Gasteiger partial charge is 0.324 e. The van der Waals surface area contributed by atoms with Gasteiger partial charge in [0.15, 0.2) is 6.61 Å². The molecular weight excluding hydrogens is 399 g/mol. The highest BCUT2D eigenvalue weighted by Crippen LogP contribution is 2.15. The molecule has 0 unspecified atom stereocenters. The van der Waals surface area contributed by atoms with Crippen LogP contribution in [-0.2, 0) is 24.3 Å². The summed E-state index contributed by atoms with van der Waals surface area (Å²) in [5, 5.41) is 2.63. The van der Waals surface area contributed by atoms with Crippen LogP contribution in [0.4, 0.5) is 10.1 Å². The van der Waals surface area contributed by atoms with E-state index in [0.29, 0.717) is 5.69 Å². The Labute approximate surface area is 160 Å². The van der Waals surface area contributed by atoms with Gasteiger partial charge in [-0.15, -0.1) is 0 Å². The van der Waals surface area contributed by atoms with Crippen LogP contribution in [0.15, 0.2) is 53.4 Å². The van der Waals surface area contributed by atoms with Crippen molar-refractivity contribution >= 4 is 39.2 Å². The lowest BCUT2D eigenvalue weighted by Crippen LogP contribution is -2.40. The number of ether oxygens (including phenoxy) is 1. The fourth-order valence-corrected chi connectivity index (χ4v) is 3.47. The van der Waals surface area contributed by atoms with Crippen LogP contribution in [0.3, 0.4) is 0 Å². The van der Waals surface area contributed by atoms with E-state index in [2.05, 4.69) is 10.0 Å². The van der Waals surface area contributed by atoms with Crippen molar-refractivity contribution in [3.8, 4) is 0 Å². The second kappa shape index (κ2) is 8.94. The fraction of sp³-hybridized carbons (Fsp3) is 0.176. The summed E-state index contributed by atoms with van der Waals surface area (Å²) in [6, 6.07) is 9.31. The van der Waals surface area contributed by atoms with Gasteiger partial charge in [0.05, 0.1) is 4.90 Å². The number of rotatable bonds is 7. The number of amides is 1. The predicted octanol–water partition coefficient (Wildman–Crippen LogP) is 2.33. The monoisotopic (exact) mass is 414 g/mol. The first-order chi connectivity index (χ1) is 12.7. The Morgan fingerprint density at radius 2 is 1.85 bits per heavy atom. The normalized spacial score (nSPS) is 12.3. The first-order valence-corrected chi connectivity index (χ1v) is 9.53. The summed E-state index contributed by atoms with van der Waals surface area (Å²) in [4.78, 5) is 23.5. The Balaban J connectivity index is 1.87. The first kappa shape index (κ1) is 20.8. The Bertz CT molecular complexity index is 935. The third kappa shape index (κ3) is 6.31. The SMILES string of the molecule is C[C@H](NS(=O)(=O)c1cccc(Cl)c1)C(=O)OCC(=O)Nc1ccc(F)cc1. The Morgan fingerprint density at radius 3 is 2.48 bits per heavy atom. The van der Waals surface area contributed by atoms with Crippen LogP contribution in [0.2, 0.25) is 5.02 Å². The van der Waals surface area contributed by atoms with E-state index in [1.807, 2.05) is 0 Å². The zero-order chi connectivity index (χ0) is 20.0.